The van der Waals surface area contributed by atoms with E-state index < -0.39 is 17.9 Å². The average Bonchev–Trinajstić information content (AvgIpc) is 2.71. The highest BCUT2D eigenvalue weighted by Crippen LogP contribution is 2.12. The van der Waals surface area contributed by atoms with Gasteiger partial charge in [0.25, 0.3) is 5.91 Å². The summed E-state index contributed by atoms with van der Waals surface area (Å²) >= 11 is 0. The molecule has 1 atom stereocenters. The third kappa shape index (κ3) is 7.80. The fourth-order valence-electron chi connectivity index (χ4n) is 2.53. The van der Waals surface area contributed by atoms with Crippen molar-refractivity contribution in [2.75, 3.05) is 11.9 Å². The topological polar surface area (TPSA) is 160 Å². The maximum absolute atomic E-state index is 12.7. The van der Waals surface area contributed by atoms with E-state index in [1.165, 1.54) is 24.3 Å². The normalized spacial score (nSPS) is 10.8. The highest BCUT2D eigenvalue weighted by Gasteiger charge is 2.21. The first kappa shape index (κ1) is 24.4. The van der Waals surface area contributed by atoms with Gasteiger partial charge in [0.2, 0.25) is 5.91 Å². The second kappa shape index (κ2) is 12.1. The molecule has 0 bridgehead atoms. The Morgan fingerprint density at radius 1 is 0.967 bits per heavy atom. The number of nitrogens with one attached hydrogen (secondary N) is 2. The van der Waals surface area contributed by atoms with Gasteiger partial charge >= 0.3 is 5.97 Å². The molecule has 0 radical (unpaired) electrons. The lowest BCUT2D eigenvalue weighted by Crippen LogP contribution is -2.44. The van der Waals surface area contributed by atoms with E-state index in [1.54, 1.807) is 30.3 Å². The molecule has 0 aliphatic heterocycles. The number of aliphatic imine (C=N–C) groups is 1. The summed E-state index contributed by atoms with van der Waals surface area (Å²) in [7, 11) is 0. The van der Waals surface area contributed by atoms with Crippen LogP contribution in [0.15, 0.2) is 59.6 Å². The summed E-state index contributed by atoms with van der Waals surface area (Å²) in [6.07, 6.45) is 0.789. The van der Waals surface area contributed by atoms with Crippen molar-refractivity contribution in [3.63, 3.8) is 0 Å². The van der Waals surface area contributed by atoms with E-state index in [2.05, 4.69) is 15.6 Å². The Balaban J connectivity index is 0.00000450. The number of nitrogens with zero attached hydrogens (tertiary/aromatic N) is 1. The lowest BCUT2D eigenvalue weighted by atomic mass is 10.1. The van der Waals surface area contributed by atoms with Gasteiger partial charge in [-0.2, -0.15) is 0 Å². The molecule has 2 amide bonds. The minimum atomic E-state index is -1.06. The summed E-state index contributed by atoms with van der Waals surface area (Å²) in [5, 5.41) is 14.3. The smallest absolute Gasteiger partial charge is 0.335 e. The van der Waals surface area contributed by atoms with Crippen LogP contribution in [0.1, 0.15) is 33.6 Å². The molecule has 0 saturated heterocycles. The Morgan fingerprint density at radius 3 is 2.17 bits per heavy atom. The molecule has 2 aromatic rings. The summed E-state index contributed by atoms with van der Waals surface area (Å²) in [6, 6.07) is 13.5. The monoisotopic (exact) mass is 433 g/mol. The van der Waals surface area contributed by atoms with Crippen molar-refractivity contribution in [3.8, 4) is 0 Å². The number of carbonyl (C=O) groups is 3. The first-order valence-electron chi connectivity index (χ1n) is 8.92. The van der Waals surface area contributed by atoms with Crippen LogP contribution in [0.2, 0.25) is 0 Å². The van der Waals surface area contributed by atoms with Crippen LogP contribution in [0.5, 0.6) is 0 Å². The van der Waals surface area contributed by atoms with Crippen LogP contribution >= 0.6 is 12.4 Å². The van der Waals surface area contributed by atoms with Gasteiger partial charge in [-0.1, -0.05) is 18.2 Å². The molecule has 2 aromatic carbocycles. The third-order valence-electron chi connectivity index (χ3n) is 4.00. The van der Waals surface area contributed by atoms with Crippen molar-refractivity contribution in [2.24, 2.45) is 16.5 Å². The van der Waals surface area contributed by atoms with Crippen LogP contribution in [0.3, 0.4) is 0 Å². The molecular weight excluding hydrogens is 410 g/mol. The van der Waals surface area contributed by atoms with Crippen molar-refractivity contribution in [3.05, 3.63) is 65.7 Å². The number of rotatable bonds is 9. The number of amides is 2. The largest absolute Gasteiger partial charge is 0.478 e. The van der Waals surface area contributed by atoms with E-state index >= 15 is 0 Å². The number of carboxylic acids is 1. The van der Waals surface area contributed by atoms with Crippen LogP contribution in [-0.2, 0) is 4.79 Å². The van der Waals surface area contributed by atoms with Crippen molar-refractivity contribution < 1.29 is 19.5 Å². The summed E-state index contributed by atoms with van der Waals surface area (Å²) in [6.45, 7) is 0.320. The molecule has 0 aliphatic rings. The highest BCUT2D eigenvalue weighted by atomic mass is 35.5. The average molecular weight is 434 g/mol. The van der Waals surface area contributed by atoms with Crippen molar-refractivity contribution in [1.29, 1.82) is 0 Å². The summed E-state index contributed by atoms with van der Waals surface area (Å²) in [5.41, 5.74) is 11.6. The molecular formula is C20H24ClN5O4. The lowest BCUT2D eigenvalue weighted by Gasteiger charge is -2.18. The Kier molecular flexibility index (Phi) is 9.84. The number of carboxylic acid groups (broad SMARTS) is 1. The molecule has 9 nitrogen and oxygen atoms in total. The molecule has 0 fully saturated rings. The van der Waals surface area contributed by atoms with Gasteiger partial charge in [0, 0.05) is 17.8 Å². The summed E-state index contributed by atoms with van der Waals surface area (Å²) < 4.78 is 0. The lowest BCUT2D eigenvalue weighted by molar-refractivity contribution is -0.118. The highest BCUT2D eigenvalue weighted by molar-refractivity contribution is 6.01. The maximum atomic E-state index is 12.7. The second-order valence-corrected chi connectivity index (χ2v) is 6.21. The van der Waals surface area contributed by atoms with E-state index in [9.17, 15) is 14.4 Å². The van der Waals surface area contributed by atoms with Crippen molar-refractivity contribution in [1.82, 2.24) is 5.32 Å². The van der Waals surface area contributed by atoms with Crippen LogP contribution in [0.25, 0.3) is 0 Å². The van der Waals surface area contributed by atoms with E-state index in [4.69, 9.17) is 16.6 Å². The number of hydrogen-bond acceptors (Lipinski definition) is 4. The molecule has 30 heavy (non-hydrogen) atoms. The Morgan fingerprint density at radius 2 is 1.60 bits per heavy atom. The van der Waals surface area contributed by atoms with Gasteiger partial charge < -0.3 is 27.2 Å². The molecule has 0 saturated carbocycles. The van der Waals surface area contributed by atoms with E-state index in [0.717, 1.165) is 0 Å². The van der Waals surface area contributed by atoms with E-state index in [-0.39, 0.29) is 29.8 Å². The Bertz CT molecular complexity index is 884. The number of carbonyl (C=O) groups excluding carboxylic acids is 2. The number of guanidine groups is 1. The number of anilines is 1. The number of nitrogens with two attached hydrogens (primary N) is 2. The number of halogens is 1. The zero-order valence-electron chi connectivity index (χ0n) is 16.1. The first-order chi connectivity index (χ1) is 13.9. The zero-order valence-corrected chi connectivity index (χ0v) is 16.9. The number of hydrogen-bond donors (Lipinski definition) is 5. The van der Waals surface area contributed by atoms with Gasteiger partial charge in [-0.15, -0.1) is 12.4 Å². The van der Waals surface area contributed by atoms with Crippen LogP contribution in [0.4, 0.5) is 5.69 Å². The summed E-state index contributed by atoms with van der Waals surface area (Å²) in [4.78, 5) is 40.0. The van der Waals surface area contributed by atoms with Crippen LogP contribution in [-0.4, -0.2) is 41.4 Å². The van der Waals surface area contributed by atoms with Gasteiger partial charge in [-0.05, 0) is 49.2 Å². The molecule has 0 aliphatic carbocycles. The van der Waals surface area contributed by atoms with Crippen LogP contribution < -0.4 is 22.1 Å². The fourth-order valence-corrected chi connectivity index (χ4v) is 2.53. The van der Waals surface area contributed by atoms with Gasteiger partial charge in [0.15, 0.2) is 5.96 Å². The molecule has 0 spiro atoms. The van der Waals surface area contributed by atoms with Crippen LogP contribution in [0, 0.1) is 0 Å². The van der Waals surface area contributed by atoms with Crippen molar-refractivity contribution in [2.45, 2.75) is 18.9 Å². The van der Waals surface area contributed by atoms with Gasteiger partial charge in [-0.3, -0.25) is 14.6 Å². The quantitative estimate of drug-likeness (QED) is 0.229. The maximum Gasteiger partial charge on any atom is 0.335 e. The van der Waals surface area contributed by atoms with Gasteiger partial charge in [0.05, 0.1) is 5.56 Å². The van der Waals surface area contributed by atoms with Gasteiger partial charge in [-0.25, -0.2) is 4.79 Å². The Hall–Kier alpha value is -3.59. The number of benzene rings is 2. The van der Waals surface area contributed by atoms with Crippen molar-refractivity contribution >= 4 is 41.8 Å². The zero-order chi connectivity index (χ0) is 21.2. The molecule has 160 valence electrons. The fraction of sp³-hybridized carbons (Fsp3) is 0.200. The summed E-state index contributed by atoms with van der Waals surface area (Å²) in [5.74, 6) is -1.91. The van der Waals surface area contributed by atoms with E-state index in [1.807, 2.05) is 0 Å². The Labute approximate surface area is 180 Å². The molecule has 1 unspecified atom stereocenters. The number of aromatic carboxylic acids is 1. The molecule has 2 rings (SSSR count). The van der Waals surface area contributed by atoms with E-state index in [0.29, 0.717) is 30.6 Å². The minimum absolute atomic E-state index is 0. The predicted octanol–water partition coefficient (Wildman–Crippen LogP) is 1.60. The molecule has 7 N–H and O–H groups in total. The molecule has 0 aromatic heterocycles. The predicted molar refractivity (Wildman–Crippen MR) is 117 cm³/mol. The molecule has 10 heteroatoms. The standard InChI is InChI=1S/C20H23N5O4.ClH/c21-20(22)23-12-4-7-16(25-17(26)13-5-2-1-3-6-13)18(27)24-15-10-8-14(9-11-15)19(28)29;/h1-3,5-6,8-11,16H,4,7,12H2,(H,24,27)(H,25,26)(H,28,29)(H4,21,22,23);1H. The third-order valence-corrected chi connectivity index (χ3v) is 4.00. The first-order valence-corrected chi connectivity index (χ1v) is 8.92. The second-order valence-electron chi connectivity index (χ2n) is 6.21. The molecule has 0 heterocycles. The SMILES string of the molecule is Cl.NC(N)=NCCCC(NC(=O)c1ccccc1)C(=O)Nc1ccc(C(=O)O)cc1. The van der Waals surface area contributed by atoms with Gasteiger partial charge in [0.1, 0.15) is 6.04 Å². The minimum Gasteiger partial charge on any atom is -0.478 e.